The van der Waals surface area contributed by atoms with Crippen LogP contribution >= 0.6 is 11.6 Å². The van der Waals surface area contributed by atoms with E-state index in [4.69, 9.17) is 31.5 Å². The molecule has 2 heterocycles. The molecule has 1 aromatic heterocycles. The summed E-state index contributed by atoms with van der Waals surface area (Å²) in [4.78, 5) is 69.9. The molecule has 280 valence electrons. The number of aromatic nitrogens is 2. The van der Waals surface area contributed by atoms with Gasteiger partial charge in [0.05, 0.1) is 24.2 Å². The normalized spacial score (nSPS) is 13.6. The fraction of sp³-hybridized carbons (Fsp3) is 0.429. The zero-order chi connectivity index (χ0) is 38.7. The number of nitrogens with zero attached hydrogens (tertiary/aromatic N) is 7. The van der Waals surface area contributed by atoms with Gasteiger partial charge >= 0.3 is 18.2 Å². The van der Waals surface area contributed by atoms with Gasteiger partial charge in [0.2, 0.25) is 0 Å². The molecule has 0 bridgehead atoms. The molecule has 1 fully saturated rings. The molecule has 1 aliphatic heterocycles. The molecule has 0 aliphatic carbocycles. The van der Waals surface area contributed by atoms with E-state index < -0.39 is 35.2 Å². The Morgan fingerprint density at radius 3 is 2.04 bits per heavy atom. The standard InChI is InChI=1S/C35H45ClN8O8/c1-34(2,3)51-32(48)43(24-11-10-21(16-23(24)37)30(46)42-14-12-40(7)13-15-42)28-19-27(38-20-39-28)41(8)31(47)44(33(49)52-35(4,5)6)25-17-22(50-9)18-26(45)29(25)36/h10-11,16-20,45H,12-15,37H2,1-9H3. The second kappa shape index (κ2) is 15.5. The van der Waals surface area contributed by atoms with E-state index in [9.17, 15) is 24.3 Å². The second-order valence-electron chi connectivity index (χ2n) is 14.1. The van der Waals surface area contributed by atoms with Crippen LogP contribution in [0.2, 0.25) is 5.02 Å². The Labute approximate surface area is 307 Å². The Hall–Kier alpha value is -5.35. The number of imide groups is 1. The first-order chi connectivity index (χ1) is 24.2. The van der Waals surface area contributed by atoms with Crippen LogP contribution in [-0.2, 0) is 9.47 Å². The monoisotopic (exact) mass is 740 g/mol. The molecule has 1 saturated heterocycles. The first-order valence-corrected chi connectivity index (χ1v) is 16.7. The van der Waals surface area contributed by atoms with E-state index in [1.54, 1.807) is 52.5 Å². The number of ether oxygens (including phenoxy) is 3. The van der Waals surface area contributed by atoms with Gasteiger partial charge in [0.1, 0.15) is 45.7 Å². The number of piperazine rings is 1. The van der Waals surface area contributed by atoms with Gasteiger partial charge in [-0.25, -0.2) is 29.3 Å². The number of phenolic OH excluding ortho intramolecular Hbond substituents is 1. The molecule has 52 heavy (non-hydrogen) atoms. The second-order valence-corrected chi connectivity index (χ2v) is 14.4. The number of carbonyl (C=O) groups is 4. The Bertz CT molecular complexity index is 1840. The summed E-state index contributed by atoms with van der Waals surface area (Å²) < 4.78 is 16.5. The smallest absolute Gasteiger partial charge is 0.423 e. The molecule has 4 rings (SSSR count). The first-order valence-electron chi connectivity index (χ1n) is 16.3. The Balaban J connectivity index is 1.76. The van der Waals surface area contributed by atoms with Crippen molar-refractivity contribution in [3.63, 3.8) is 0 Å². The number of benzene rings is 2. The molecular weight excluding hydrogens is 696 g/mol. The number of phenols is 1. The summed E-state index contributed by atoms with van der Waals surface area (Å²) in [5.74, 6) is -0.665. The number of urea groups is 1. The molecular formula is C35H45ClN8O8. The van der Waals surface area contributed by atoms with E-state index >= 15 is 0 Å². The Kier molecular flexibility index (Phi) is 11.7. The number of rotatable bonds is 6. The number of anilines is 5. The van der Waals surface area contributed by atoms with Crippen LogP contribution in [0.4, 0.5) is 43.1 Å². The molecule has 5 amide bonds. The van der Waals surface area contributed by atoms with Crippen molar-refractivity contribution < 1.29 is 38.5 Å². The van der Waals surface area contributed by atoms with E-state index in [1.807, 2.05) is 7.05 Å². The van der Waals surface area contributed by atoms with E-state index in [0.717, 1.165) is 29.2 Å². The molecule has 0 saturated carbocycles. The lowest BCUT2D eigenvalue weighted by molar-refractivity contribution is 0.0584. The van der Waals surface area contributed by atoms with Crippen molar-refractivity contribution in [2.75, 3.05) is 67.8 Å². The molecule has 0 radical (unpaired) electrons. The molecule has 3 aromatic rings. The average Bonchev–Trinajstić information content (AvgIpc) is 3.05. The minimum absolute atomic E-state index is 0.0513. The zero-order valence-corrected chi connectivity index (χ0v) is 31.5. The summed E-state index contributed by atoms with van der Waals surface area (Å²) in [6.07, 6.45) is -0.859. The summed E-state index contributed by atoms with van der Waals surface area (Å²) in [7, 11) is 4.65. The van der Waals surface area contributed by atoms with E-state index in [2.05, 4.69) is 14.9 Å². The third-order valence-corrected chi connectivity index (χ3v) is 8.02. The van der Waals surface area contributed by atoms with Crippen molar-refractivity contribution in [3.05, 3.63) is 53.3 Å². The summed E-state index contributed by atoms with van der Waals surface area (Å²) in [5.41, 5.74) is 4.88. The highest BCUT2D eigenvalue weighted by Gasteiger charge is 2.35. The molecule has 3 N–H and O–H groups in total. The molecule has 0 unspecified atom stereocenters. The fourth-order valence-corrected chi connectivity index (χ4v) is 5.23. The molecule has 0 atom stereocenters. The lowest BCUT2D eigenvalue weighted by Gasteiger charge is -2.32. The summed E-state index contributed by atoms with van der Waals surface area (Å²) in [5, 5.41) is 10.2. The van der Waals surface area contributed by atoms with Crippen LogP contribution in [0.3, 0.4) is 0 Å². The number of aromatic hydroxyl groups is 1. The number of likely N-dealkylation sites (N-methyl/N-ethyl adjacent to an activating group) is 1. The fourth-order valence-electron chi connectivity index (χ4n) is 5.03. The highest BCUT2D eigenvalue weighted by molar-refractivity contribution is 6.36. The molecule has 17 heteroatoms. The topological polar surface area (TPSA) is 184 Å². The van der Waals surface area contributed by atoms with Gasteiger partial charge in [-0.2, -0.15) is 4.90 Å². The van der Waals surface area contributed by atoms with Crippen LogP contribution in [0.1, 0.15) is 51.9 Å². The van der Waals surface area contributed by atoms with Gasteiger partial charge in [-0.15, -0.1) is 0 Å². The zero-order valence-electron chi connectivity index (χ0n) is 30.8. The van der Waals surface area contributed by atoms with Gasteiger partial charge < -0.3 is 34.9 Å². The molecule has 16 nitrogen and oxygen atoms in total. The van der Waals surface area contributed by atoms with Crippen LogP contribution < -0.4 is 25.2 Å². The maximum Gasteiger partial charge on any atom is 0.423 e. The van der Waals surface area contributed by atoms with Gasteiger partial charge in [-0.3, -0.25) is 9.69 Å². The summed E-state index contributed by atoms with van der Waals surface area (Å²) in [6.45, 7) is 12.5. The van der Waals surface area contributed by atoms with Crippen molar-refractivity contribution >= 4 is 64.4 Å². The Morgan fingerprint density at radius 1 is 0.865 bits per heavy atom. The third kappa shape index (κ3) is 9.30. The quantitative estimate of drug-likeness (QED) is 0.286. The highest BCUT2D eigenvalue weighted by Crippen LogP contribution is 2.40. The predicted molar refractivity (Wildman–Crippen MR) is 197 cm³/mol. The number of hydrogen-bond acceptors (Lipinski definition) is 12. The number of nitrogen functional groups attached to an aromatic ring is 1. The van der Waals surface area contributed by atoms with Gasteiger partial charge in [0, 0.05) is 57.0 Å². The molecule has 0 spiro atoms. The third-order valence-electron chi connectivity index (χ3n) is 7.63. The van der Waals surface area contributed by atoms with Crippen molar-refractivity contribution in [1.82, 2.24) is 19.8 Å². The van der Waals surface area contributed by atoms with Crippen molar-refractivity contribution in [1.29, 1.82) is 0 Å². The molecule has 1 aliphatic rings. The minimum Gasteiger partial charge on any atom is -0.506 e. The predicted octanol–water partition coefficient (Wildman–Crippen LogP) is 5.89. The highest BCUT2D eigenvalue weighted by atomic mass is 35.5. The van der Waals surface area contributed by atoms with Gasteiger partial charge in [-0.1, -0.05) is 11.6 Å². The Morgan fingerprint density at radius 2 is 1.46 bits per heavy atom. The largest absolute Gasteiger partial charge is 0.506 e. The van der Waals surface area contributed by atoms with Gasteiger partial charge in [0.25, 0.3) is 5.91 Å². The van der Waals surface area contributed by atoms with Crippen LogP contribution in [-0.4, -0.2) is 108 Å². The maximum absolute atomic E-state index is 14.2. The number of methoxy groups -OCH3 is 1. The molecule has 2 aromatic carbocycles. The van der Waals surface area contributed by atoms with Gasteiger partial charge in [-0.05, 0) is 66.8 Å². The van der Waals surface area contributed by atoms with E-state index in [1.165, 1.54) is 44.5 Å². The maximum atomic E-state index is 14.2. The van der Waals surface area contributed by atoms with Crippen molar-refractivity contribution in [2.24, 2.45) is 0 Å². The summed E-state index contributed by atoms with van der Waals surface area (Å²) in [6, 6.07) is 7.38. The van der Waals surface area contributed by atoms with Gasteiger partial charge in [0.15, 0.2) is 0 Å². The number of nitrogens with two attached hydrogens (primary N) is 1. The van der Waals surface area contributed by atoms with E-state index in [-0.39, 0.29) is 45.4 Å². The SMILES string of the molecule is COc1cc(O)c(Cl)c(N(C(=O)OC(C)(C)C)C(=O)N(C)c2cc(N(C(=O)OC(C)(C)C)c3ccc(C(=O)N4CCN(C)CC4)cc3N)ncn2)c1. The van der Waals surface area contributed by atoms with E-state index in [0.29, 0.717) is 23.6 Å². The average molecular weight is 741 g/mol. The number of halogens is 1. The number of amides is 5. The lowest BCUT2D eigenvalue weighted by Crippen LogP contribution is -2.47. The number of hydrogen-bond donors (Lipinski definition) is 2. The first kappa shape index (κ1) is 39.4. The van der Waals surface area contributed by atoms with Crippen molar-refractivity contribution in [2.45, 2.75) is 52.7 Å². The minimum atomic E-state index is -1.11. The van der Waals surface area contributed by atoms with Crippen LogP contribution in [0.15, 0.2) is 42.7 Å². The number of carbonyl (C=O) groups excluding carboxylic acids is 4. The van der Waals surface area contributed by atoms with Crippen molar-refractivity contribution in [3.8, 4) is 11.5 Å². The van der Waals surface area contributed by atoms with Crippen LogP contribution in [0.5, 0.6) is 11.5 Å². The lowest BCUT2D eigenvalue weighted by atomic mass is 10.1. The summed E-state index contributed by atoms with van der Waals surface area (Å²) >= 11 is 6.40. The van der Waals surface area contributed by atoms with Crippen LogP contribution in [0.25, 0.3) is 0 Å². The van der Waals surface area contributed by atoms with Crippen LogP contribution in [0, 0.1) is 0 Å².